The first-order valence-corrected chi connectivity index (χ1v) is 10.2. The zero-order valence-electron chi connectivity index (χ0n) is 15.2. The molecule has 10 heteroatoms. The highest BCUT2D eigenvalue weighted by atomic mass is 32.2. The molecule has 2 aromatic carbocycles. The number of piperidine rings is 1. The van der Waals surface area contributed by atoms with Crippen molar-refractivity contribution in [1.29, 1.82) is 0 Å². The third kappa shape index (κ3) is 4.55. The SMILES string of the molecule is O=C(O)C1CCC(O)CN1S(=O)(=O)c1ccc(OCc2c(F)cccc2F)cc1. The van der Waals surface area contributed by atoms with Gasteiger partial charge in [0.2, 0.25) is 10.0 Å². The summed E-state index contributed by atoms with van der Waals surface area (Å²) in [4.78, 5) is 11.2. The van der Waals surface area contributed by atoms with Crippen LogP contribution < -0.4 is 4.74 Å². The standard InChI is InChI=1S/C19H19F2NO6S/c20-16-2-1-3-17(21)15(16)11-28-13-5-7-14(8-6-13)29(26,27)22-10-12(23)4-9-18(22)19(24)25/h1-3,5-8,12,18,23H,4,9-11H2,(H,24,25). The number of carbonyl (C=O) groups is 1. The van der Waals surface area contributed by atoms with Gasteiger partial charge in [0.15, 0.2) is 0 Å². The van der Waals surface area contributed by atoms with Crippen LogP contribution in [0.15, 0.2) is 47.4 Å². The lowest BCUT2D eigenvalue weighted by Crippen LogP contribution is -2.51. The Bertz CT molecular complexity index is 976. The quantitative estimate of drug-likeness (QED) is 0.732. The summed E-state index contributed by atoms with van der Waals surface area (Å²) in [6, 6.07) is 7.21. The van der Waals surface area contributed by atoms with Crippen LogP contribution in [0.1, 0.15) is 18.4 Å². The maximum absolute atomic E-state index is 13.6. The van der Waals surface area contributed by atoms with Crippen LogP contribution in [0.25, 0.3) is 0 Å². The van der Waals surface area contributed by atoms with Crippen LogP contribution in [0.4, 0.5) is 8.78 Å². The van der Waals surface area contributed by atoms with Crippen molar-refractivity contribution in [1.82, 2.24) is 4.31 Å². The Labute approximate surface area is 166 Å². The van der Waals surface area contributed by atoms with Crippen LogP contribution in [-0.2, 0) is 21.4 Å². The fourth-order valence-electron chi connectivity index (χ4n) is 3.10. The van der Waals surface area contributed by atoms with Crippen LogP contribution in [0, 0.1) is 11.6 Å². The van der Waals surface area contributed by atoms with E-state index in [9.17, 15) is 32.2 Å². The molecule has 0 bridgehead atoms. The van der Waals surface area contributed by atoms with Gasteiger partial charge in [-0.25, -0.2) is 17.2 Å². The van der Waals surface area contributed by atoms with Gasteiger partial charge in [-0.05, 0) is 49.2 Å². The second-order valence-electron chi connectivity index (χ2n) is 6.62. The smallest absolute Gasteiger partial charge is 0.322 e. The fourth-order valence-corrected chi connectivity index (χ4v) is 4.75. The van der Waals surface area contributed by atoms with Gasteiger partial charge in [0.05, 0.1) is 16.6 Å². The average Bonchev–Trinajstić information content (AvgIpc) is 2.67. The van der Waals surface area contributed by atoms with Gasteiger partial charge in [0, 0.05) is 6.54 Å². The van der Waals surface area contributed by atoms with Crippen LogP contribution in [0.3, 0.4) is 0 Å². The van der Waals surface area contributed by atoms with E-state index in [-0.39, 0.29) is 42.2 Å². The van der Waals surface area contributed by atoms with Crippen molar-refractivity contribution in [2.45, 2.75) is 36.5 Å². The van der Waals surface area contributed by atoms with Crippen LogP contribution in [0.2, 0.25) is 0 Å². The van der Waals surface area contributed by atoms with Gasteiger partial charge in [-0.15, -0.1) is 0 Å². The van der Waals surface area contributed by atoms with E-state index >= 15 is 0 Å². The highest BCUT2D eigenvalue weighted by molar-refractivity contribution is 7.89. The highest BCUT2D eigenvalue weighted by Gasteiger charge is 2.40. The Kier molecular flexibility index (Phi) is 6.15. The first kappa shape index (κ1) is 21.2. The Balaban J connectivity index is 1.77. The number of aliphatic hydroxyl groups is 1. The lowest BCUT2D eigenvalue weighted by Gasteiger charge is -2.34. The number of aliphatic carboxylic acids is 1. The zero-order valence-corrected chi connectivity index (χ0v) is 16.0. The van der Waals surface area contributed by atoms with Gasteiger partial charge < -0.3 is 14.9 Å². The number of aliphatic hydroxyl groups excluding tert-OH is 1. The third-order valence-electron chi connectivity index (χ3n) is 4.67. The molecule has 2 atom stereocenters. The number of hydrogen-bond acceptors (Lipinski definition) is 5. The Hall–Kier alpha value is -2.56. The number of ether oxygens (including phenoxy) is 1. The predicted octanol–water partition coefficient (Wildman–Crippen LogP) is 2.14. The molecule has 1 fully saturated rings. The van der Waals surface area contributed by atoms with Crippen molar-refractivity contribution in [2.75, 3.05) is 6.54 Å². The van der Waals surface area contributed by atoms with Gasteiger partial charge in [-0.2, -0.15) is 4.31 Å². The number of hydrogen-bond donors (Lipinski definition) is 2. The Morgan fingerprint density at radius 2 is 1.72 bits per heavy atom. The molecule has 1 aliphatic rings. The van der Waals surface area contributed by atoms with Crippen LogP contribution >= 0.6 is 0 Å². The summed E-state index contributed by atoms with van der Waals surface area (Å²) in [6.07, 6.45) is -0.744. The highest BCUT2D eigenvalue weighted by Crippen LogP contribution is 2.27. The number of nitrogens with zero attached hydrogens (tertiary/aromatic N) is 1. The Morgan fingerprint density at radius 3 is 2.31 bits per heavy atom. The van der Waals surface area contributed by atoms with E-state index in [4.69, 9.17) is 4.74 Å². The number of carboxylic acids is 1. The molecule has 156 valence electrons. The molecule has 0 aliphatic carbocycles. The molecule has 0 saturated carbocycles. The van der Waals surface area contributed by atoms with E-state index in [1.807, 2.05) is 0 Å². The van der Waals surface area contributed by atoms with Crippen molar-refractivity contribution in [3.05, 3.63) is 59.7 Å². The largest absolute Gasteiger partial charge is 0.489 e. The van der Waals surface area contributed by atoms with Gasteiger partial charge in [-0.1, -0.05) is 6.07 Å². The molecule has 1 heterocycles. The number of benzene rings is 2. The molecule has 2 unspecified atom stereocenters. The maximum Gasteiger partial charge on any atom is 0.322 e. The molecule has 7 nitrogen and oxygen atoms in total. The number of rotatable bonds is 6. The summed E-state index contributed by atoms with van der Waals surface area (Å²) in [5.74, 6) is -2.62. The normalized spacial score (nSPS) is 20.4. The van der Waals surface area contributed by atoms with Gasteiger partial charge >= 0.3 is 5.97 Å². The summed E-state index contributed by atoms with van der Waals surface area (Å²) in [5, 5.41) is 19.1. The zero-order chi connectivity index (χ0) is 21.2. The second-order valence-corrected chi connectivity index (χ2v) is 8.51. The molecular formula is C19H19F2NO6S. The fraction of sp³-hybridized carbons (Fsp3) is 0.316. The predicted molar refractivity (Wildman–Crippen MR) is 97.7 cm³/mol. The molecular weight excluding hydrogens is 408 g/mol. The van der Waals surface area contributed by atoms with Gasteiger partial charge in [0.25, 0.3) is 0 Å². The minimum Gasteiger partial charge on any atom is -0.489 e. The minimum atomic E-state index is -4.17. The lowest BCUT2D eigenvalue weighted by atomic mass is 10.0. The van der Waals surface area contributed by atoms with E-state index in [1.165, 1.54) is 30.3 Å². The Morgan fingerprint density at radius 1 is 1.10 bits per heavy atom. The molecule has 0 radical (unpaired) electrons. The number of sulfonamides is 1. The second kappa shape index (κ2) is 8.44. The molecule has 1 aliphatic heterocycles. The number of halogens is 2. The number of β-amino-alcohol motifs (C(OH)–C–C–N with tert-alkyl or cyclic N) is 1. The summed E-state index contributed by atoms with van der Waals surface area (Å²) in [7, 11) is -4.17. The van der Waals surface area contributed by atoms with Crippen molar-refractivity contribution in [3.8, 4) is 5.75 Å². The van der Waals surface area contributed by atoms with E-state index in [0.29, 0.717) is 0 Å². The summed E-state index contributed by atoms with van der Waals surface area (Å²) in [5.41, 5.74) is -0.254. The third-order valence-corrected chi connectivity index (χ3v) is 6.56. The lowest BCUT2D eigenvalue weighted by molar-refractivity contribution is -0.143. The summed E-state index contributed by atoms with van der Waals surface area (Å²) in [6.45, 7) is -0.700. The molecule has 0 spiro atoms. The van der Waals surface area contributed by atoms with E-state index in [1.54, 1.807) is 0 Å². The molecule has 29 heavy (non-hydrogen) atoms. The minimum absolute atomic E-state index is 0.00509. The molecule has 3 rings (SSSR count). The molecule has 0 amide bonds. The van der Waals surface area contributed by atoms with Gasteiger partial charge in [0.1, 0.15) is 30.0 Å². The molecule has 0 aromatic heterocycles. The van der Waals surface area contributed by atoms with Crippen molar-refractivity contribution < 1.29 is 36.9 Å². The topological polar surface area (TPSA) is 104 Å². The van der Waals surface area contributed by atoms with Crippen molar-refractivity contribution in [3.63, 3.8) is 0 Å². The van der Waals surface area contributed by atoms with Gasteiger partial charge in [-0.3, -0.25) is 4.79 Å². The molecule has 2 aromatic rings. The van der Waals surface area contributed by atoms with E-state index < -0.39 is 39.8 Å². The molecule has 1 saturated heterocycles. The van der Waals surface area contributed by atoms with Crippen molar-refractivity contribution in [2.24, 2.45) is 0 Å². The monoisotopic (exact) mass is 427 g/mol. The maximum atomic E-state index is 13.6. The average molecular weight is 427 g/mol. The first-order chi connectivity index (χ1) is 13.7. The summed E-state index contributed by atoms with van der Waals surface area (Å²) >= 11 is 0. The number of carboxylic acid groups (broad SMARTS) is 1. The molecule has 2 N–H and O–H groups in total. The van der Waals surface area contributed by atoms with E-state index in [0.717, 1.165) is 16.4 Å². The first-order valence-electron chi connectivity index (χ1n) is 8.78. The van der Waals surface area contributed by atoms with E-state index in [2.05, 4.69) is 0 Å². The van der Waals surface area contributed by atoms with Crippen LogP contribution in [-0.4, -0.2) is 47.6 Å². The van der Waals surface area contributed by atoms with Crippen molar-refractivity contribution >= 4 is 16.0 Å². The van der Waals surface area contributed by atoms with Crippen LogP contribution in [0.5, 0.6) is 5.75 Å². The summed E-state index contributed by atoms with van der Waals surface area (Å²) < 4.78 is 59.1.